The first-order chi connectivity index (χ1) is 14.5. The molecule has 0 spiro atoms. The molecule has 6 nitrogen and oxygen atoms in total. The van der Waals surface area contributed by atoms with Gasteiger partial charge in [0.2, 0.25) is 5.95 Å². The van der Waals surface area contributed by atoms with Gasteiger partial charge in [-0.2, -0.15) is 4.98 Å². The normalized spacial score (nSPS) is 16.9. The molecule has 0 amide bonds. The molecule has 0 bridgehead atoms. The van der Waals surface area contributed by atoms with E-state index in [2.05, 4.69) is 32.1 Å². The van der Waals surface area contributed by atoms with Gasteiger partial charge in [0.05, 0.1) is 17.1 Å². The highest BCUT2D eigenvalue weighted by Gasteiger charge is 2.23. The van der Waals surface area contributed by atoms with Crippen LogP contribution in [-0.4, -0.2) is 40.7 Å². The molecular formula is C21H24Cl3N5O. The Morgan fingerprint density at radius 3 is 2.93 bits per heavy atom. The molecule has 1 unspecified atom stereocenters. The number of imidazole rings is 1. The van der Waals surface area contributed by atoms with Crippen molar-refractivity contribution in [2.75, 3.05) is 24.6 Å². The fourth-order valence-electron chi connectivity index (χ4n) is 3.71. The molecule has 4 rings (SSSR count). The first kappa shape index (κ1) is 21.5. The van der Waals surface area contributed by atoms with E-state index in [1.807, 2.05) is 12.1 Å². The number of benzene rings is 1. The van der Waals surface area contributed by atoms with Crippen LogP contribution in [0.5, 0.6) is 5.75 Å². The largest absolute Gasteiger partial charge is 0.492 e. The zero-order valence-electron chi connectivity index (χ0n) is 16.7. The first-order valence-electron chi connectivity index (χ1n) is 10.1. The molecule has 160 valence electrons. The molecule has 2 N–H and O–H groups in total. The molecule has 3 heterocycles. The minimum Gasteiger partial charge on any atom is -0.492 e. The van der Waals surface area contributed by atoms with Gasteiger partial charge in [-0.15, -0.1) is 0 Å². The Kier molecular flexibility index (Phi) is 6.88. The number of nitrogens with zero attached hydrogens (tertiary/aromatic N) is 3. The van der Waals surface area contributed by atoms with Crippen LogP contribution < -0.4 is 15.0 Å². The summed E-state index contributed by atoms with van der Waals surface area (Å²) in [5, 5.41) is 5.24. The molecule has 3 aromatic rings. The van der Waals surface area contributed by atoms with Crippen molar-refractivity contribution in [3.05, 3.63) is 45.0 Å². The maximum absolute atomic E-state index is 6.37. The van der Waals surface area contributed by atoms with Crippen LogP contribution in [0.25, 0.3) is 11.2 Å². The van der Waals surface area contributed by atoms with Gasteiger partial charge in [0.15, 0.2) is 5.65 Å². The number of ether oxygens (including phenoxy) is 1. The predicted molar refractivity (Wildman–Crippen MR) is 123 cm³/mol. The molecule has 1 aliphatic rings. The Hall–Kier alpha value is -1.73. The Labute approximate surface area is 190 Å². The van der Waals surface area contributed by atoms with Crippen LogP contribution in [0.1, 0.15) is 31.7 Å². The number of hydrogen-bond acceptors (Lipinski definition) is 5. The Bertz CT molecular complexity index is 1030. The number of halogens is 3. The van der Waals surface area contributed by atoms with E-state index in [0.717, 1.165) is 49.4 Å². The molecule has 1 aliphatic heterocycles. The minimum atomic E-state index is 0.306. The second-order valence-corrected chi connectivity index (χ2v) is 8.69. The summed E-state index contributed by atoms with van der Waals surface area (Å²) in [5.74, 6) is 1.53. The van der Waals surface area contributed by atoms with E-state index in [0.29, 0.717) is 45.8 Å². The van der Waals surface area contributed by atoms with E-state index in [-0.39, 0.29) is 0 Å². The zero-order chi connectivity index (χ0) is 21.1. The van der Waals surface area contributed by atoms with Crippen molar-refractivity contribution in [2.24, 2.45) is 0 Å². The standard InChI is InChI=1S/C21H24Cl3N5O/c1-2-8-30-19-13(9-14(22)10-16(19)23)11-25-15-4-3-7-29(12-15)21-26-17-5-6-18(24)27-20(17)28-21/h5-6,9-10,15,25H,2-4,7-8,11-12H2,1H3,(H,26,27,28). The van der Waals surface area contributed by atoms with Crippen molar-refractivity contribution in [2.45, 2.75) is 38.8 Å². The molecule has 9 heteroatoms. The molecule has 1 atom stereocenters. The van der Waals surface area contributed by atoms with Crippen molar-refractivity contribution >= 4 is 51.9 Å². The third-order valence-corrected chi connectivity index (χ3v) is 5.85. The predicted octanol–water partition coefficient (Wildman–Crippen LogP) is 5.47. The summed E-state index contributed by atoms with van der Waals surface area (Å²) in [5.41, 5.74) is 2.50. The second-order valence-electron chi connectivity index (χ2n) is 7.46. The molecule has 0 saturated carbocycles. The lowest BCUT2D eigenvalue weighted by molar-refractivity contribution is 0.312. The van der Waals surface area contributed by atoms with Crippen molar-refractivity contribution in [3.63, 3.8) is 0 Å². The summed E-state index contributed by atoms with van der Waals surface area (Å²) in [6.07, 6.45) is 3.07. The number of rotatable bonds is 7. The maximum atomic E-state index is 6.37. The first-order valence-corrected chi connectivity index (χ1v) is 11.3. The van der Waals surface area contributed by atoms with Gasteiger partial charge in [0, 0.05) is 36.3 Å². The Morgan fingerprint density at radius 1 is 1.23 bits per heavy atom. The van der Waals surface area contributed by atoms with Gasteiger partial charge in [0.25, 0.3) is 0 Å². The lowest BCUT2D eigenvalue weighted by atomic mass is 10.1. The number of pyridine rings is 1. The fourth-order valence-corrected chi connectivity index (χ4v) is 4.44. The SMILES string of the molecule is CCCOc1c(Cl)cc(Cl)cc1CNC1CCCN(c2nc3nc(Cl)ccc3[nH]2)C1. The van der Waals surface area contributed by atoms with Crippen molar-refractivity contribution in [1.29, 1.82) is 0 Å². The van der Waals surface area contributed by atoms with Crippen LogP contribution in [0.2, 0.25) is 15.2 Å². The van der Waals surface area contributed by atoms with Gasteiger partial charge in [-0.25, -0.2) is 4.98 Å². The molecule has 1 fully saturated rings. The van der Waals surface area contributed by atoms with E-state index in [9.17, 15) is 0 Å². The Balaban J connectivity index is 1.44. The summed E-state index contributed by atoms with van der Waals surface area (Å²) in [7, 11) is 0. The third-order valence-electron chi connectivity index (χ3n) is 5.14. The van der Waals surface area contributed by atoms with E-state index in [4.69, 9.17) is 39.5 Å². The number of nitrogens with one attached hydrogen (secondary N) is 2. The monoisotopic (exact) mass is 467 g/mol. The number of hydrogen-bond donors (Lipinski definition) is 2. The number of aromatic amines is 1. The van der Waals surface area contributed by atoms with Gasteiger partial charge in [-0.1, -0.05) is 41.7 Å². The van der Waals surface area contributed by atoms with E-state index in [1.54, 1.807) is 12.1 Å². The van der Waals surface area contributed by atoms with Crippen LogP contribution in [-0.2, 0) is 6.54 Å². The van der Waals surface area contributed by atoms with E-state index in [1.165, 1.54) is 0 Å². The number of fused-ring (bicyclic) bond motifs is 1. The molecular weight excluding hydrogens is 445 g/mol. The fraction of sp³-hybridized carbons (Fsp3) is 0.429. The van der Waals surface area contributed by atoms with Gasteiger partial charge in [-0.05, 0) is 43.5 Å². The molecule has 30 heavy (non-hydrogen) atoms. The molecule has 1 aromatic carbocycles. The number of H-pyrrole nitrogens is 1. The van der Waals surface area contributed by atoms with Crippen LogP contribution in [0.15, 0.2) is 24.3 Å². The summed E-state index contributed by atoms with van der Waals surface area (Å²) < 4.78 is 5.87. The quantitative estimate of drug-likeness (QED) is 0.450. The minimum absolute atomic E-state index is 0.306. The average Bonchev–Trinajstić information content (AvgIpc) is 3.15. The highest BCUT2D eigenvalue weighted by atomic mass is 35.5. The number of aromatic nitrogens is 3. The lowest BCUT2D eigenvalue weighted by Gasteiger charge is -2.33. The van der Waals surface area contributed by atoms with E-state index < -0.39 is 0 Å². The highest BCUT2D eigenvalue weighted by molar-refractivity contribution is 6.35. The number of piperidine rings is 1. The van der Waals surface area contributed by atoms with Crippen LogP contribution in [0.4, 0.5) is 5.95 Å². The van der Waals surface area contributed by atoms with Gasteiger partial charge in [0.1, 0.15) is 10.9 Å². The summed E-state index contributed by atoms with van der Waals surface area (Å²) in [6.45, 7) is 5.11. The smallest absolute Gasteiger partial charge is 0.205 e. The maximum Gasteiger partial charge on any atom is 0.205 e. The van der Waals surface area contributed by atoms with Gasteiger partial charge >= 0.3 is 0 Å². The summed E-state index contributed by atoms with van der Waals surface area (Å²) >= 11 is 18.6. The van der Waals surface area contributed by atoms with Crippen LogP contribution in [0, 0.1) is 0 Å². The van der Waals surface area contributed by atoms with Gasteiger partial charge in [-0.3, -0.25) is 0 Å². The van der Waals surface area contributed by atoms with Crippen molar-refractivity contribution in [1.82, 2.24) is 20.3 Å². The average molecular weight is 469 g/mol. The summed E-state index contributed by atoms with van der Waals surface area (Å²) in [4.78, 5) is 14.5. The molecule has 2 aromatic heterocycles. The van der Waals surface area contributed by atoms with Crippen LogP contribution in [0.3, 0.4) is 0 Å². The second kappa shape index (κ2) is 9.60. The molecule has 0 aliphatic carbocycles. The topological polar surface area (TPSA) is 66.1 Å². The van der Waals surface area contributed by atoms with Crippen molar-refractivity contribution in [3.8, 4) is 5.75 Å². The molecule has 1 saturated heterocycles. The van der Waals surface area contributed by atoms with Crippen LogP contribution >= 0.6 is 34.8 Å². The highest BCUT2D eigenvalue weighted by Crippen LogP contribution is 2.33. The lowest BCUT2D eigenvalue weighted by Crippen LogP contribution is -2.46. The molecule has 0 radical (unpaired) electrons. The zero-order valence-corrected chi connectivity index (χ0v) is 19.0. The third kappa shape index (κ3) is 4.94. The number of anilines is 1. The van der Waals surface area contributed by atoms with Gasteiger partial charge < -0.3 is 19.9 Å². The van der Waals surface area contributed by atoms with E-state index >= 15 is 0 Å². The Morgan fingerprint density at radius 2 is 2.10 bits per heavy atom. The summed E-state index contributed by atoms with van der Waals surface area (Å²) in [6, 6.07) is 7.62. The van der Waals surface area contributed by atoms with Crippen molar-refractivity contribution < 1.29 is 4.74 Å².